The first-order valence-electron chi connectivity index (χ1n) is 5.88. The van der Waals surface area contributed by atoms with Crippen molar-refractivity contribution in [2.75, 3.05) is 6.61 Å². The van der Waals surface area contributed by atoms with Crippen LogP contribution in [0.1, 0.15) is 22.8 Å². The molecule has 2 heterocycles. The lowest BCUT2D eigenvalue weighted by atomic mass is 10.1. The number of esters is 1. The number of nitrogens with zero attached hydrogens (tertiary/aromatic N) is 2. The predicted octanol–water partition coefficient (Wildman–Crippen LogP) is 3.39. The number of hydrogen-bond donors (Lipinski definition) is 0. The van der Waals surface area contributed by atoms with Gasteiger partial charge in [-0.3, -0.25) is 4.98 Å². The van der Waals surface area contributed by atoms with Crippen molar-refractivity contribution >= 4 is 21.9 Å². The van der Waals surface area contributed by atoms with Crippen LogP contribution in [-0.2, 0) is 4.74 Å². The lowest BCUT2D eigenvalue weighted by Gasteiger charge is -2.06. The van der Waals surface area contributed by atoms with Crippen LogP contribution in [0.5, 0.6) is 0 Å². The molecule has 0 spiro atoms. The van der Waals surface area contributed by atoms with Gasteiger partial charge in [-0.25, -0.2) is 9.78 Å². The van der Waals surface area contributed by atoms with Gasteiger partial charge in [0.15, 0.2) is 0 Å². The molecular weight excluding hydrogens is 308 g/mol. The standard InChI is InChI=1S/C14H13BrN2O2/c1-3-19-14(18)10-7-12(17-13(15)8-10)11-6-9(2)4-5-16-11/h4-8H,3H2,1-2H3. The lowest BCUT2D eigenvalue weighted by Crippen LogP contribution is -2.05. The summed E-state index contributed by atoms with van der Waals surface area (Å²) in [5.74, 6) is -0.362. The van der Waals surface area contributed by atoms with Gasteiger partial charge < -0.3 is 4.74 Å². The van der Waals surface area contributed by atoms with E-state index in [0.29, 0.717) is 22.5 Å². The van der Waals surface area contributed by atoms with Crippen molar-refractivity contribution in [2.45, 2.75) is 13.8 Å². The third kappa shape index (κ3) is 3.38. The van der Waals surface area contributed by atoms with E-state index < -0.39 is 0 Å². The Morgan fingerprint density at radius 2 is 2.11 bits per heavy atom. The molecule has 0 amide bonds. The lowest BCUT2D eigenvalue weighted by molar-refractivity contribution is 0.0526. The maximum absolute atomic E-state index is 11.8. The molecule has 0 N–H and O–H groups in total. The van der Waals surface area contributed by atoms with Gasteiger partial charge in [-0.05, 0) is 59.6 Å². The first-order chi connectivity index (χ1) is 9.10. The molecule has 0 radical (unpaired) electrons. The molecule has 0 aliphatic carbocycles. The Kier molecular flexibility index (Phi) is 4.27. The Morgan fingerprint density at radius 3 is 2.79 bits per heavy atom. The molecule has 0 aliphatic rings. The average molecular weight is 321 g/mol. The van der Waals surface area contributed by atoms with Crippen LogP contribution in [0.4, 0.5) is 0 Å². The van der Waals surface area contributed by atoms with E-state index in [1.165, 1.54) is 0 Å². The van der Waals surface area contributed by atoms with Crippen molar-refractivity contribution in [3.8, 4) is 11.4 Å². The van der Waals surface area contributed by atoms with Gasteiger partial charge >= 0.3 is 5.97 Å². The molecule has 5 heteroatoms. The van der Waals surface area contributed by atoms with Gasteiger partial charge in [0.25, 0.3) is 0 Å². The zero-order valence-corrected chi connectivity index (χ0v) is 12.3. The van der Waals surface area contributed by atoms with Gasteiger partial charge in [-0.1, -0.05) is 0 Å². The molecule has 2 rings (SSSR count). The molecule has 0 fully saturated rings. The zero-order valence-electron chi connectivity index (χ0n) is 10.7. The van der Waals surface area contributed by atoms with E-state index in [4.69, 9.17) is 4.74 Å². The number of carbonyl (C=O) groups excluding carboxylic acids is 1. The van der Waals surface area contributed by atoms with Gasteiger partial charge in [0.05, 0.1) is 23.6 Å². The van der Waals surface area contributed by atoms with Gasteiger partial charge in [0, 0.05) is 6.20 Å². The van der Waals surface area contributed by atoms with Crippen molar-refractivity contribution < 1.29 is 9.53 Å². The van der Waals surface area contributed by atoms with Crippen molar-refractivity contribution in [2.24, 2.45) is 0 Å². The summed E-state index contributed by atoms with van der Waals surface area (Å²) in [6, 6.07) is 7.15. The minimum Gasteiger partial charge on any atom is -0.462 e. The molecule has 0 saturated carbocycles. The van der Waals surface area contributed by atoms with Gasteiger partial charge in [-0.15, -0.1) is 0 Å². The van der Waals surface area contributed by atoms with Gasteiger partial charge in [0.2, 0.25) is 0 Å². The van der Waals surface area contributed by atoms with E-state index in [0.717, 1.165) is 11.3 Å². The van der Waals surface area contributed by atoms with Crippen LogP contribution in [0, 0.1) is 6.92 Å². The van der Waals surface area contributed by atoms with Crippen molar-refractivity contribution in [3.05, 3.63) is 46.2 Å². The van der Waals surface area contributed by atoms with E-state index in [9.17, 15) is 4.79 Å². The van der Waals surface area contributed by atoms with E-state index in [2.05, 4.69) is 25.9 Å². The van der Waals surface area contributed by atoms with E-state index >= 15 is 0 Å². The van der Waals surface area contributed by atoms with E-state index in [1.54, 1.807) is 25.3 Å². The number of ether oxygens (including phenoxy) is 1. The second-order valence-electron chi connectivity index (χ2n) is 4.00. The Bertz CT molecular complexity index is 614. The van der Waals surface area contributed by atoms with Crippen LogP contribution in [-0.4, -0.2) is 22.5 Å². The Labute approximate surface area is 120 Å². The molecule has 0 atom stereocenters. The van der Waals surface area contributed by atoms with Crippen LogP contribution in [0.25, 0.3) is 11.4 Å². The maximum atomic E-state index is 11.8. The number of pyridine rings is 2. The Morgan fingerprint density at radius 1 is 1.32 bits per heavy atom. The molecule has 0 saturated heterocycles. The van der Waals surface area contributed by atoms with E-state index in [-0.39, 0.29) is 5.97 Å². The highest BCUT2D eigenvalue weighted by Gasteiger charge is 2.11. The fourth-order valence-electron chi connectivity index (χ4n) is 1.64. The second-order valence-corrected chi connectivity index (χ2v) is 4.82. The summed E-state index contributed by atoms with van der Waals surface area (Å²) in [6.45, 7) is 4.10. The molecule has 98 valence electrons. The summed E-state index contributed by atoms with van der Waals surface area (Å²) in [6.07, 6.45) is 1.72. The highest BCUT2D eigenvalue weighted by molar-refractivity contribution is 9.10. The number of halogens is 1. The predicted molar refractivity (Wildman–Crippen MR) is 75.9 cm³/mol. The number of aromatic nitrogens is 2. The molecule has 19 heavy (non-hydrogen) atoms. The third-order valence-electron chi connectivity index (χ3n) is 2.48. The second kappa shape index (κ2) is 5.93. The van der Waals surface area contributed by atoms with Crippen LogP contribution >= 0.6 is 15.9 Å². The Hall–Kier alpha value is -1.75. The fourth-order valence-corrected chi connectivity index (χ4v) is 2.07. The minimum atomic E-state index is -0.362. The van der Waals surface area contributed by atoms with Crippen LogP contribution in [0.15, 0.2) is 35.1 Å². The van der Waals surface area contributed by atoms with Crippen molar-refractivity contribution in [1.29, 1.82) is 0 Å². The SMILES string of the molecule is CCOC(=O)c1cc(Br)nc(-c2cc(C)ccn2)c1. The van der Waals surface area contributed by atoms with Crippen molar-refractivity contribution in [1.82, 2.24) is 9.97 Å². The van der Waals surface area contributed by atoms with Crippen LogP contribution in [0.2, 0.25) is 0 Å². The van der Waals surface area contributed by atoms with Crippen molar-refractivity contribution in [3.63, 3.8) is 0 Å². The summed E-state index contributed by atoms with van der Waals surface area (Å²) < 4.78 is 5.57. The van der Waals surface area contributed by atoms with E-state index in [1.807, 2.05) is 19.1 Å². The summed E-state index contributed by atoms with van der Waals surface area (Å²) >= 11 is 3.30. The molecule has 2 aromatic rings. The highest BCUT2D eigenvalue weighted by Crippen LogP contribution is 2.21. The first kappa shape index (κ1) is 13.7. The normalized spacial score (nSPS) is 10.3. The summed E-state index contributed by atoms with van der Waals surface area (Å²) in [4.78, 5) is 20.4. The largest absolute Gasteiger partial charge is 0.462 e. The monoisotopic (exact) mass is 320 g/mol. The zero-order chi connectivity index (χ0) is 13.8. The van der Waals surface area contributed by atoms with Crippen LogP contribution in [0.3, 0.4) is 0 Å². The molecule has 0 aromatic carbocycles. The topological polar surface area (TPSA) is 52.1 Å². The quantitative estimate of drug-likeness (QED) is 0.642. The molecule has 0 unspecified atom stereocenters. The number of carbonyl (C=O) groups is 1. The van der Waals surface area contributed by atoms with Gasteiger partial charge in [0.1, 0.15) is 4.60 Å². The minimum absolute atomic E-state index is 0.344. The number of aryl methyl sites for hydroxylation is 1. The smallest absolute Gasteiger partial charge is 0.338 e. The van der Waals surface area contributed by atoms with Gasteiger partial charge in [-0.2, -0.15) is 0 Å². The molecule has 4 nitrogen and oxygen atoms in total. The number of rotatable bonds is 3. The number of hydrogen-bond acceptors (Lipinski definition) is 4. The third-order valence-corrected chi connectivity index (χ3v) is 2.89. The Balaban J connectivity index is 2.44. The highest BCUT2D eigenvalue weighted by atomic mass is 79.9. The maximum Gasteiger partial charge on any atom is 0.338 e. The molecular formula is C14H13BrN2O2. The molecule has 2 aromatic heterocycles. The fraction of sp³-hybridized carbons (Fsp3) is 0.214. The summed E-state index contributed by atoms with van der Waals surface area (Å²) in [7, 11) is 0. The molecule has 0 bridgehead atoms. The average Bonchev–Trinajstić information content (AvgIpc) is 2.38. The summed E-state index contributed by atoms with van der Waals surface area (Å²) in [5, 5.41) is 0. The first-order valence-corrected chi connectivity index (χ1v) is 6.67. The molecule has 0 aliphatic heterocycles. The van der Waals surface area contributed by atoms with Crippen LogP contribution < -0.4 is 0 Å². The summed E-state index contributed by atoms with van der Waals surface area (Å²) in [5.41, 5.74) is 2.92.